The highest BCUT2D eigenvalue weighted by molar-refractivity contribution is 5.67. The van der Waals surface area contributed by atoms with Gasteiger partial charge in [-0.2, -0.15) is 0 Å². The summed E-state index contributed by atoms with van der Waals surface area (Å²) in [5.74, 6) is -5.99. The van der Waals surface area contributed by atoms with Gasteiger partial charge in [-0.25, -0.2) is 22.4 Å². The van der Waals surface area contributed by atoms with Crippen molar-refractivity contribution in [3.63, 3.8) is 0 Å². The van der Waals surface area contributed by atoms with E-state index in [4.69, 9.17) is 10.5 Å². The number of carbonyl (C=O) groups is 1. The van der Waals surface area contributed by atoms with E-state index in [1.54, 1.807) is 20.8 Å². The molecule has 0 spiro atoms. The number of hydrogen-bond donors (Lipinski definition) is 2. The number of amides is 1. The molecule has 0 aliphatic rings. The van der Waals surface area contributed by atoms with Crippen molar-refractivity contribution in [1.29, 1.82) is 0 Å². The molecular weight excluding hydrogens is 304 g/mol. The van der Waals surface area contributed by atoms with Crippen LogP contribution in [0.25, 0.3) is 0 Å². The van der Waals surface area contributed by atoms with Gasteiger partial charge in [0.05, 0.1) is 0 Å². The lowest BCUT2D eigenvalue weighted by Gasteiger charge is -2.21. The van der Waals surface area contributed by atoms with Crippen LogP contribution in [0.2, 0.25) is 0 Å². The van der Waals surface area contributed by atoms with E-state index in [9.17, 15) is 22.4 Å². The van der Waals surface area contributed by atoms with E-state index in [-0.39, 0.29) is 12.6 Å². The molecule has 1 rings (SSSR count). The molecule has 1 aromatic rings. The largest absolute Gasteiger partial charge is 0.444 e. The van der Waals surface area contributed by atoms with E-state index in [1.807, 2.05) is 0 Å². The first kappa shape index (κ1) is 18.2. The summed E-state index contributed by atoms with van der Waals surface area (Å²) < 4.78 is 58.0. The molecule has 0 aliphatic heterocycles. The van der Waals surface area contributed by atoms with Crippen molar-refractivity contribution < 1.29 is 27.1 Å². The molecule has 1 atom stereocenters. The number of carbonyl (C=O) groups excluding carboxylic acids is 1. The number of halogens is 4. The highest BCUT2D eigenvalue weighted by Crippen LogP contribution is 2.20. The van der Waals surface area contributed by atoms with Crippen LogP contribution in [-0.2, 0) is 11.2 Å². The van der Waals surface area contributed by atoms with E-state index in [0.29, 0.717) is 0 Å². The Kier molecular flexibility index (Phi) is 5.76. The highest BCUT2D eigenvalue weighted by Gasteiger charge is 2.22. The lowest BCUT2D eigenvalue weighted by molar-refractivity contribution is 0.0524. The van der Waals surface area contributed by atoms with Crippen molar-refractivity contribution in [3.05, 3.63) is 34.9 Å². The second-order valence-corrected chi connectivity index (χ2v) is 5.79. The third-order valence-electron chi connectivity index (χ3n) is 2.58. The van der Waals surface area contributed by atoms with Crippen LogP contribution in [0, 0.1) is 23.3 Å². The van der Waals surface area contributed by atoms with Crippen LogP contribution < -0.4 is 11.1 Å². The average Bonchev–Trinajstić information content (AvgIpc) is 2.37. The zero-order chi connectivity index (χ0) is 17.1. The van der Waals surface area contributed by atoms with Gasteiger partial charge in [0.1, 0.15) is 5.60 Å². The Hall–Kier alpha value is -1.83. The summed E-state index contributed by atoms with van der Waals surface area (Å²) in [6.07, 6.45) is -1.24. The smallest absolute Gasteiger partial charge is 0.407 e. The van der Waals surface area contributed by atoms with Gasteiger partial charge in [-0.15, -0.1) is 0 Å². The Labute approximate surface area is 125 Å². The van der Waals surface area contributed by atoms with E-state index in [1.165, 1.54) is 0 Å². The molecule has 0 saturated heterocycles. The Morgan fingerprint density at radius 2 is 1.73 bits per heavy atom. The third-order valence-corrected chi connectivity index (χ3v) is 2.58. The van der Waals surface area contributed by atoms with Crippen molar-refractivity contribution in [2.24, 2.45) is 5.73 Å². The number of hydrogen-bond acceptors (Lipinski definition) is 3. The van der Waals surface area contributed by atoms with E-state index < -0.39 is 53.0 Å². The molecule has 1 amide bonds. The summed E-state index contributed by atoms with van der Waals surface area (Å²) in [5, 5.41) is 2.31. The Bertz CT molecular complexity index is 533. The summed E-state index contributed by atoms with van der Waals surface area (Å²) in [4.78, 5) is 11.4. The number of alkyl carbamates (subject to hydrolysis) is 1. The number of rotatable bonds is 4. The molecule has 0 bridgehead atoms. The SMILES string of the molecule is CC(C)(C)OC(=O)NCC(N)Cc1c(F)c(F)cc(F)c1F. The normalized spacial score (nSPS) is 12.9. The molecule has 0 heterocycles. The maximum atomic E-state index is 13.5. The topological polar surface area (TPSA) is 64.3 Å². The fourth-order valence-corrected chi connectivity index (χ4v) is 1.66. The maximum absolute atomic E-state index is 13.5. The predicted octanol–water partition coefficient (Wildman–Crippen LogP) is 2.64. The maximum Gasteiger partial charge on any atom is 0.407 e. The molecule has 22 heavy (non-hydrogen) atoms. The van der Waals surface area contributed by atoms with Gasteiger partial charge in [0.25, 0.3) is 0 Å². The molecule has 4 nitrogen and oxygen atoms in total. The fraction of sp³-hybridized carbons (Fsp3) is 0.500. The molecule has 124 valence electrons. The molecule has 0 radical (unpaired) electrons. The molecule has 3 N–H and O–H groups in total. The van der Waals surface area contributed by atoms with Gasteiger partial charge in [0.2, 0.25) is 0 Å². The summed E-state index contributed by atoms with van der Waals surface area (Å²) >= 11 is 0. The van der Waals surface area contributed by atoms with Crippen LogP contribution in [0.3, 0.4) is 0 Å². The second-order valence-electron chi connectivity index (χ2n) is 5.79. The fourth-order valence-electron chi connectivity index (χ4n) is 1.66. The number of nitrogens with two attached hydrogens (primary N) is 1. The molecule has 0 fully saturated rings. The average molecular weight is 322 g/mol. The van der Waals surface area contributed by atoms with Crippen LogP contribution >= 0.6 is 0 Å². The van der Waals surface area contributed by atoms with Gasteiger partial charge < -0.3 is 15.8 Å². The molecule has 0 aliphatic carbocycles. The molecule has 1 unspecified atom stereocenters. The summed E-state index contributed by atoms with van der Waals surface area (Å²) in [6, 6.07) is -0.823. The van der Waals surface area contributed by atoms with Gasteiger partial charge in [0, 0.05) is 24.2 Å². The van der Waals surface area contributed by atoms with Crippen molar-refractivity contribution in [2.75, 3.05) is 6.54 Å². The zero-order valence-electron chi connectivity index (χ0n) is 12.5. The van der Waals surface area contributed by atoms with E-state index >= 15 is 0 Å². The standard InChI is InChI=1S/C14H18F4N2O2/c1-14(2,3)22-13(21)20-6-7(19)4-8-11(17)9(15)5-10(16)12(8)18/h5,7H,4,6,19H2,1-3H3,(H,20,21). The summed E-state index contributed by atoms with van der Waals surface area (Å²) in [7, 11) is 0. The monoisotopic (exact) mass is 322 g/mol. The summed E-state index contributed by atoms with van der Waals surface area (Å²) in [5.41, 5.74) is 4.10. The molecular formula is C14H18F4N2O2. The summed E-state index contributed by atoms with van der Waals surface area (Å²) in [6.45, 7) is 4.80. The van der Waals surface area contributed by atoms with Gasteiger partial charge >= 0.3 is 6.09 Å². The van der Waals surface area contributed by atoms with Crippen molar-refractivity contribution in [3.8, 4) is 0 Å². The van der Waals surface area contributed by atoms with Crippen molar-refractivity contribution in [1.82, 2.24) is 5.32 Å². The van der Waals surface area contributed by atoms with E-state index in [0.717, 1.165) is 0 Å². The number of nitrogens with one attached hydrogen (secondary N) is 1. The predicted molar refractivity (Wildman–Crippen MR) is 72.2 cm³/mol. The minimum atomic E-state index is -1.50. The first-order valence-electron chi connectivity index (χ1n) is 6.55. The van der Waals surface area contributed by atoms with Gasteiger partial charge in [-0.05, 0) is 27.2 Å². The molecule has 1 aromatic carbocycles. The molecule has 0 saturated carbocycles. The Balaban J connectivity index is 2.67. The third kappa shape index (κ3) is 5.18. The lowest BCUT2D eigenvalue weighted by atomic mass is 10.0. The first-order valence-corrected chi connectivity index (χ1v) is 6.55. The molecule has 8 heteroatoms. The van der Waals surface area contributed by atoms with Crippen LogP contribution in [0.5, 0.6) is 0 Å². The van der Waals surface area contributed by atoms with Gasteiger partial charge in [-0.1, -0.05) is 0 Å². The van der Waals surface area contributed by atoms with Crippen LogP contribution in [-0.4, -0.2) is 24.3 Å². The lowest BCUT2D eigenvalue weighted by Crippen LogP contribution is -2.41. The van der Waals surface area contributed by atoms with Gasteiger partial charge in [-0.3, -0.25) is 0 Å². The minimum Gasteiger partial charge on any atom is -0.444 e. The van der Waals surface area contributed by atoms with Crippen LogP contribution in [0.15, 0.2) is 6.07 Å². The minimum absolute atomic E-state index is 0.124. The number of ether oxygens (including phenoxy) is 1. The zero-order valence-corrected chi connectivity index (χ0v) is 12.5. The second kappa shape index (κ2) is 6.95. The van der Waals surface area contributed by atoms with Crippen molar-refractivity contribution >= 4 is 6.09 Å². The first-order chi connectivity index (χ1) is 10.0. The van der Waals surface area contributed by atoms with Crippen molar-refractivity contribution in [2.45, 2.75) is 38.8 Å². The quantitative estimate of drug-likeness (QED) is 0.662. The Morgan fingerprint density at radius 1 is 1.23 bits per heavy atom. The highest BCUT2D eigenvalue weighted by atomic mass is 19.2. The van der Waals surface area contributed by atoms with Crippen LogP contribution in [0.1, 0.15) is 26.3 Å². The Morgan fingerprint density at radius 3 is 2.18 bits per heavy atom. The van der Waals surface area contributed by atoms with E-state index in [2.05, 4.69) is 5.32 Å². The molecule has 0 aromatic heterocycles. The van der Waals surface area contributed by atoms with Gasteiger partial charge in [0.15, 0.2) is 23.3 Å². The van der Waals surface area contributed by atoms with Crippen LogP contribution in [0.4, 0.5) is 22.4 Å². The number of benzene rings is 1.